The molecule has 0 saturated carbocycles. The van der Waals surface area contributed by atoms with E-state index in [1.165, 1.54) is 0 Å². The zero-order valence-electron chi connectivity index (χ0n) is 11.0. The Kier molecular flexibility index (Phi) is 3.43. The number of aliphatic hydroxyl groups is 1. The van der Waals surface area contributed by atoms with E-state index in [9.17, 15) is 5.11 Å². The number of fused-ring (bicyclic) bond motifs is 1. The number of rotatable bonds is 3. The van der Waals surface area contributed by atoms with Crippen molar-refractivity contribution in [2.24, 2.45) is 0 Å². The molecule has 0 aliphatic carbocycles. The molecule has 1 aromatic carbocycles. The Morgan fingerprint density at radius 2 is 2.21 bits per heavy atom. The lowest BCUT2D eigenvalue weighted by Gasteiger charge is -2.46. The summed E-state index contributed by atoms with van der Waals surface area (Å²) in [5.74, 6) is 0.891. The van der Waals surface area contributed by atoms with Gasteiger partial charge in [-0.25, -0.2) is 0 Å². The number of nitrogens with zero attached hydrogens (tertiary/aromatic N) is 1. The fourth-order valence-corrected chi connectivity index (χ4v) is 3.00. The van der Waals surface area contributed by atoms with E-state index >= 15 is 0 Å². The Morgan fingerprint density at radius 1 is 1.42 bits per heavy atom. The predicted octanol–water partition coefficient (Wildman–Crippen LogP) is 2.16. The normalized spacial score (nSPS) is 21.4. The molecular formula is C14H18ClNO3. The first-order valence-electron chi connectivity index (χ1n) is 6.56. The Labute approximate surface area is 117 Å². The van der Waals surface area contributed by atoms with E-state index < -0.39 is 5.60 Å². The van der Waals surface area contributed by atoms with Gasteiger partial charge in [0.1, 0.15) is 5.75 Å². The first-order chi connectivity index (χ1) is 9.09. The maximum atomic E-state index is 10.0. The summed E-state index contributed by atoms with van der Waals surface area (Å²) in [5.41, 5.74) is 1.56. The summed E-state index contributed by atoms with van der Waals surface area (Å²) < 4.78 is 10.9. The third kappa shape index (κ3) is 2.58. The number of hydrogen-bond donors (Lipinski definition) is 1. The van der Waals surface area contributed by atoms with Crippen LogP contribution in [-0.2, 0) is 17.9 Å². The van der Waals surface area contributed by atoms with Gasteiger partial charge < -0.3 is 14.6 Å². The standard InChI is InChI=1S/C14H18ClNO3/c1-2-14(17)7-16(8-14)5-10-3-12(15)4-11-6-18-9-19-13(10)11/h3-4,17H,2,5-9H2,1H3. The van der Waals surface area contributed by atoms with Crippen LogP contribution in [0.15, 0.2) is 12.1 Å². The summed E-state index contributed by atoms with van der Waals surface area (Å²) >= 11 is 6.13. The molecule has 0 radical (unpaired) electrons. The van der Waals surface area contributed by atoms with Gasteiger partial charge in [-0.3, -0.25) is 4.90 Å². The van der Waals surface area contributed by atoms with Crippen molar-refractivity contribution in [2.75, 3.05) is 19.9 Å². The second-order valence-electron chi connectivity index (χ2n) is 5.39. The van der Waals surface area contributed by atoms with Crippen molar-refractivity contribution in [1.29, 1.82) is 0 Å². The molecule has 1 saturated heterocycles. The molecule has 19 heavy (non-hydrogen) atoms. The monoisotopic (exact) mass is 283 g/mol. The first kappa shape index (κ1) is 13.2. The van der Waals surface area contributed by atoms with Gasteiger partial charge >= 0.3 is 0 Å². The van der Waals surface area contributed by atoms with Crippen LogP contribution in [0.4, 0.5) is 0 Å². The maximum Gasteiger partial charge on any atom is 0.189 e. The molecule has 2 aliphatic rings. The Balaban J connectivity index is 1.76. The molecular weight excluding hydrogens is 266 g/mol. The second-order valence-corrected chi connectivity index (χ2v) is 5.82. The average Bonchev–Trinajstić information content (AvgIpc) is 2.36. The summed E-state index contributed by atoms with van der Waals surface area (Å²) in [5, 5.41) is 10.7. The first-order valence-corrected chi connectivity index (χ1v) is 6.94. The van der Waals surface area contributed by atoms with E-state index in [-0.39, 0.29) is 0 Å². The third-order valence-corrected chi connectivity index (χ3v) is 4.06. The highest BCUT2D eigenvalue weighted by Gasteiger charge is 2.39. The summed E-state index contributed by atoms with van der Waals surface area (Å²) in [4.78, 5) is 2.20. The van der Waals surface area contributed by atoms with Crippen molar-refractivity contribution in [2.45, 2.75) is 32.1 Å². The van der Waals surface area contributed by atoms with Crippen LogP contribution in [0.5, 0.6) is 5.75 Å². The molecule has 0 bridgehead atoms. The number of halogens is 1. The fraction of sp³-hybridized carbons (Fsp3) is 0.571. The van der Waals surface area contributed by atoms with Crippen molar-refractivity contribution < 1.29 is 14.6 Å². The Bertz CT molecular complexity index is 486. The quantitative estimate of drug-likeness (QED) is 0.923. The van der Waals surface area contributed by atoms with Crippen molar-refractivity contribution in [1.82, 2.24) is 4.90 Å². The van der Waals surface area contributed by atoms with Crippen molar-refractivity contribution in [3.05, 3.63) is 28.3 Å². The van der Waals surface area contributed by atoms with Gasteiger partial charge in [0.25, 0.3) is 0 Å². The lowest BCUT2D eigenvalue weighted by molar-refractivity contribution is -0.104. The van der Waals surface area contributed by atoms with E-state index in [4.69, 9.17) is 21.1 Å². The largest absolute Gasteiger partial charge is 0.467 e. The second kappa shape index (κ2) is 4.94. The topological polar surface area (TPSA) is 41.9 Å². The van der Waals surface area contributed by atoms with Gasteiger partial charge in [-0.1, -0.05) is 18.5 Å². The Hall–Kier alpha value is -0.810. The van der Waals surface area contributed by atoms with Crippen LogP contribution < -0.4 is 4.74 Å². The van der Waals surface area contributed by atoms with Crippen LogP contribution in [0.1, 0.15) is 24.5 Å². The minimum Gasteiger partial charge on any atom is -0.467 e. The molecule has 0 unspecified atom stereocenters. The molecule has 4 nitrogen and oxygen atoms in total. The number of hydrogen-bond acceptors (Lipinski definition) is 4. The van der Waals surface area contributed by atoms with Crippen molar-refractivity contribution >= 4 is 11.6 Å². The lowest BCUT2D eigenvalue weighted by Crippen LogP contribution is -2.60. The van der Waals surface area contributed by atoms with Crippen molar-refractivity contribution in [3.63, 3.8) is 0 Å². The minimum absolute atomic E-state index is 0.292. The van der Waals surface area contributed by atoms with Crippen LogP contribution >= 0.6 is 11.6 Å². The maximum absolute atomic E-state index is 10.0. The van der Waals surface area contributed by atoms with Gasteiger partial charge in [0.15, 0.2) is 6.79 Å². The smallest absolute Gasteiger partial charge is 0.189 e. The molecule has 1 aromatic rings. The van der Waals surface area contributed by atoms with Gasteiger partial charge in [0.2, 0.25) is 0 Å². The minimum atomic E-state index is -0.511. The SMILES string of the molecule is CCC1(O)CN(Cc2cc(Cl)cc3c2OCOC3)C1. The zero-order valence-corrected chi connectivity index (χ0v) is 11.7. The number of ether oxygens (including phenoxy) is 2. The van der Waals surface area contributed by atoms with Gasteiger partial charge in [0, 0.05) is 35.8 Å². The average molecular weight is 284 g/mol. The summed E-state index contributed by atoms with van der Waals surface area (Å²) in [7, 11) is 0. The summed E-state index contributed by atoms with van der Waals surface area (Å²) in [6.07, 6.45) is 0.793. The zero-order chi connectivity index (χ0) is 13.5. The molecule has 1 N–H and O–H groups in total. The number of benzene rings is 1. The van der Waals surface area contributed by atoms with Gasteiger partial charge in [-0.05, 0) is 18.6 Å². The number of likely N-dealkylation sites (tertiary alicyclic amines) is 1. The summed E-state index contributed by atoms with van der Waals surface area (Å²) in [6, 6.07) is 3.83. The van der Waals surface area contributed by atoms with Gasteiger partial charge in [0.05, 0.1) is 12.2 Å². The molecule has 5 heteroatoms. The van der Waals surface area contributed by atoms with E-state index in [2.05, 4.69) is 4.90 Å². The van der Waals surface area contributed by atoms with Crippen molar-refractivity contribution in [3.8, 4) is 5.75 Å². The van der Waals surface area contributed by atoms with Gasteiger partial charge in [-0.2, -0.15) is 0 Å². The predicted molar refractivity (Wildman–Crippen MR) is 72.3 cm³/mol. The highest BCUT2D eigenvalue weighted by Crippen LogP contribution is 2.34. The molecule has 0 spiro atoms. The van der Waals surface area contributed by atoms with Crippen LogP contribution in [0.3, 0.4) is 0 Å². The molecule has 0 aromatic heterocycles. The van der Waals surface area contributed by atoms with Crippen LogP contribution in [0, 0.1) is 0 Å². The van der Waals surface area contributed by atoms with E-state index in [1.807, 2.05) is 19.1 Å². The van der Waals surface area contributed by atoms with Crippen LogP contribution in [-0.4, -0.2) is 35.5 Å². The Morgan fingerprint density at radius 3 is 2.95 bits per heavy atom. The van der Waals surface area contributed by atoms with Gasteiger partial charge in [-0.15, -0.1) is 0 Å². The fourth-order valence-electron chi connectivity index (χ4n) is 2.74. The molecule has 2 aliphatic heterocycles. The highest BCUT2D eigenvalue weighted by molar-refractivity contribution is 6.30. The molecule has 104 valence electrons. The highest BCUT2D eigenvalue weighted by atomic mass is 35.5. The van der Waals surface area contributed by atoms with E-state index in [0.29, 0.717) is 31.5 Å². The molecule has 3 rings (SSSR count). The van der Waals surface area contributed by atoms with Crippen LogP contribution in [0.25, 0.3) is 0 Å². The molecule has 2 heterocycles. The van der Waals surface area contributed by atoms with E-state index in [1.54, 1.807) is 0 Å². The molecule has 0 amide bonds. The van der Waals surface area contributed by atoms with Crippen LogP contribution in [0.2, 0.25) is 5.02 Å². The molecule has 0 atom stereocenters. The summed E-state index contributed by atoms with van der Waals surface area (Å²) in [6.45, 7) is 5.02. The lowest BCUT2D eigenvalue weighted by atomic mass is 9.90. The third-order valence-electron chi connectivity index (χ3n) is 3.84. The molecule has 1 fully saturated rings. The number of β-amino-alcohol motifs (C(OH)–C–C–N with tert-alkyl or cyclic N) is 1. The van der Waals surface area contributed by atoms with E-state index in [0.717, 1.165) is 29.8 Å².